The number of nitrogen functional groups attached to an aromatic ring is 1. The Morgan fingerprint density at radius 1 is 0.977 bits per heavy atom. The van der Waals surface area contributed by atoms with E-state index >= 15 is 0 Å². The maximum Gasteiger partial charge on any atom is 0.418 e. The van der Waals surface area contributed by atoms with Gasteiger partial charge < -0.3 is 26.5 Å². The first-order valence-corrected chi connectivity index (χ1v) is 13.5. The topological polar surface area (TPSA) is 160 Å². The van der Waals surface area contributed by atoms with E-state index in [9.17, 15) is 27.9 Å². The van der Waals surface area contributed by atoms with Gasteiger partial charge in [-0.05, 0) is 81.1 Å². The number of aromatic hydroxyl groups is 1. The Hall–Kier alpha value is -5.13. The highest BCUT2D eigenvalue weighted by Crippen LogP contribution is 2.36. The number of aromatic nitrogens is 2. The van der Waals surface area contributed by atoms with Gasteiger partial charge >= 0.3 is 6.18 Å². The van der Waals surface area contributed by atoms with Gasteiger partial charge in [0.05, 0.1) is 29.3 Å². The molecule has 0 fully saturated rings. The number of nitrogens with two attached hydrogens (primary N) is 2. The van der Waals surface area contributed by atoms with Crippen LogP contribution in [0.5, 0.6) is 5.75 Å². The van der Waals surface area contributed by atoms with E-state index in [4.69, 9.17) is 16.9 Å². The number of carbonyl (C=O) groups is 2. The number of carbonyl (C=O) groups excluding carboxylic acids is 2. The monoisotopic (exact) mass is 592 g/mol. The van der Waals surface area contributed by atoms with Crippen LogP contribution in [-0.4, -0.2) is 32.3 Å². The molecule has 1 aromatic heterocycles. The van der Waals surface area contributed by atoms with E-state index in [0.29, 0.717) is 23.1 Å². The minimum atomic E-state index is -4.68. The first-order chi connectivity index (χ1) is 20.4. The Kier molecular flexibility index (Phi) is 9.18. The van der Waals surface area contributed by atoms with Crippen LogP contribution in [0.1, 0.15) is 74.6 Å². The highest BCUT2D eigenvalue weighted by molar-refractivity contribution is 5.96. The van der Waals surface area contributed by atoms with Crippen LogP contribution >= 0.6 is 0 Å². The van der Waals surface area contributed by atoms with Crippen molar-refractivity contribution in [3.63, 3.8) is 0 Å². The number of hydrogen-bond acceptors (Lipinski definition) is 5. The number of amidine groups is 1. The Labute approximate surface area is 245 Å². The van der Waals surface area contributed by atoms with Crippen molar-refractivity contribution in [2.45, 2.75) is 44.8 Å². The first-order valence-electron chi connectivity index (χ1n) is 13.5. The van der Waals surface area contributed by atoms with Gasteiger partial charge in [0.25, 0.3) is 5.91 Å². The lowest BCUT2D eigenvalue weighted by molar-refractivity contribution is -0.137. The molecule has 0 spiro atoms. The lowest BCUT2D eigenvalue weighted by Gasteiger charge is -2.20. The van der Waals surface area contributed by atoms with Gasteiger partial charge in [0.1, 0.15) is 11.6 Å². The van der Waals surface area contributed by atoms with Crippen molar-refractivity contribution in [1.29, 1.82) is 5.41 Å². The molecule has 1 heterocycles. The number of benzene rings is 3. The summed E-state index contributed by atoms with van der Waals surface area (Å²) < 4.78 is 43.4. The van der Waals surface area contributed by atoms with Gasteiger partial charge in [-0.2, -0.15) is 13.2 Å². The normalized spacial score (nSPS) is 13.2. The molecule has 0 saturated heterocycles. The summed E-state index contributed by atoms with van der Waals surface area (Å²) in [5.74, 6) is -1.46. The zero-order valence-electron chi connectivity index (χ0n) is 23.3. The summed E-state index contributed by atoms with van der Waals surface area (Å²) in [4.78, 5) is 27.5. The molecule has 0 aliphatic heterocycles. The molecule has 1 atom stereocenters. The Morgan fingerprint density at radius 3 is 2.28 bits per heavy atom. The van der Waals surface area contributed by atoms with Crippen molar-refractivity contribution in [3.05, 3.63) is 112 Å². The number of nitrogens with one attached hydrogen (secondary N) is 2. The van der Waals surface area contributed by atoms with E-state index < -0.39 is 23.7 Å². The molecular formula is C31H31F3N6O3. The molecule has 5 rings (SSSR count). The minimum absolute atomic E-state index is 0.0699. The molecule has 0 saturated carbocycles. The number of imidazole rings is 1. The van der Waals surface area contributed by atoms with Crippen LogP contribution in [0.4, 0.5) is 13.2 Å². The Balaban J connectivity index is 0.000000403. The number of phenolic OH excluding ortho intramolecular Hbond substituents is 1. The molecule has 1 aliphatic carbocycles. The molecule has 1 unspecified atom stereocenters. The standard InChI is InChI=1S/C24H24F3N5O2.C7H7NO/c1-13(16-10-14(22(28)29)7-9-21(16)33)31-23(34)15-6-8-19(17(11-15)24(25,26)27)32-12-30-18-4-2-3-5-20(18)32;8-7(9)6-4-2-1-3-5-6/h6-13,33H,2-5H2,1H3,(H3,28,29)(H,31,34);1-5H,(H2,8,9). The van der Waals surface area contributed by atoms with Crippen molar-refractivity contribution >= 4 is 17.6 Å². The van der Waals surface area contributed by atoms with E-state index in [1.807, 2.05) is 6.07 Å². The molecule has 12 heteroatoms. The van der Waals surface area contributed by atoms with Gasteiger partial charge in [-0.15, -0.1) is 0 Å². The number of amides is 2. The third-order valence-electron chi connectivity index (χ3n) is 7.06. The summed E-state index contributed by atoms with van der Waals surface area (Å²) in [5.41, 5.74) is 12.1. The van der Waals surface area contributed by atoms with E-state index in [1.165, 1.54) is 41.2 Å². The summed E-state index contributed by atoms with van der Waals surface area (Å²) in [6, 6.07) is 15.7. The second kappa shape index (κ2) is 12.8. The molecule has 3 aromatic carbocycles. The third-order valence-corrected chi connectivity index (χ3v) is 7.06. The fourth-order valence-corrected chi connectivity index (χ4v) is 4.82. The predicted octanol–water partition coefficient (Wildman–Crippen LogP) is 5.04. The minimum Gasteiger partial charge on any atom is -0.508 e. The van der Waals surface area contributed by atoms with Crippen LogP contribution in [0.3, 0.4) is 0 Å². The van der Waals surface area contributed by atoms with E-state index in [1.54, 1.807) is 31.2 Å². The van der Waals surface area contributed by atoms with Crippen LogP contribution in [0, 0.1) is 5.41 Å². The van der Waals surface area contributed by atoms with Crippen LogP contribution < -0.4 is 16.8 Å². The average molecular weight is 593 g/mol. The largest absolute Gasteiger partial charge is 0.508 e. The van der Waals surface area contributed by atoms with Crippen molar-refractivity contribution in [2.75, 3.05) is 0 Å². The molecular weight excluding hydrogens is 561 g/mol. The van der Waals surface area contributed by atoms with Crippen molar-refractivity contribution in [3.8, 4) is 11.4 Å². The molecule has 0 bridgehead atoms. The van der Waals surface area contributed by atoms with Gasteiger partial charge in [0.2, 0.25) is 5.91 Å². The zero-order valence-corrected chi connectivity index (χ0v) is 23.3. The number of rotatable bonds is 6. The van der Waals surface area contributed by atoms with Crippen LogP contribution in [0.15, 0.2) is 73.1 Å². The second-order valence-corrected chi connectivity index (χ2v) is 10.1. The Morgan fingerprint density at radius 2 is 1.65 bits per heavy atom. The zero-order chi connectivity index (χ0) is 31.3. The van der Waals surface area contributed by atoms with Gasteiger partial charge in [-0.3, -0.25) is 15.0 Å². The SMILES string of the molecule is CC(NC(=O)c1ccc(-n2cnc3c2CCCC3)c(C(F)(F)F)c1)c1cc(C(=N)N)ccc1O.NC(=O)c1ccccc1. The molecule has 2 amide bonds. The quantitative estimate of drug-likeness (QED) is 0.156. The third kappa shape index (κ3) is 7.21. The van der Waals surface area contributed by atoms with Crippen LogP contribution in [-0.2, 0) is 19.0 Å². The van der Waals surface area contributed by atoms with E-state index in [-0.39, 0.29) is 28.7 Å². The summed E-state index contributed by atoms with van der Waals surface area (Å²) in [6.07, 6.45) is -0.0480. The molecule has 0 radical (unpaired) electrons. The number of fused-ring (bicyclic) bond motifs is 1. The van der Waals surface area contributed by atoms with Gasteiger partial charge in [0.15, 0.2) is 0 Å². The molecule has 9 nitrogen and oxygen atoms in total. The van der Waals surface area contributed by atoms with Crippen molar-refractivity contribution in [2.24, 2.45) is 11.5 Å². The molecule has 7 N–H and O–H groups in total. The highest BCUT2D eigenvalue weighted by atomic mass is 19.4. The molecule has 1 aliphatic rings. The summed E-state index contributed by atoms with van der Waals surface area (Å²) in [6.45, 7) is 1.58. The average Bonchev–Trinajstić information content (AvgIpc) is 3.41. The lowest BCUT2D eigenvalue weighted by atomic mass is 10.00. The number of alkyl halides is 3. The first kappa shape index (κ1) is 30.8. The number of aryl methyl sites for hydroxylation is 1. The summed E-state index contributed by atoms with van der Waals surface area (Å²) in [7, 11) is 0. The number of hydrogen-bond donors (Lipinski definition) is 5. The van der Waals surface area contributed by atoms with Crippen LogP contribution in [0.25, 0.3) is 5.69 Å². The number of halogens is 3. The van der Waals surface area contributed by atoms with Gasteiger partial charge in [-0.1, -0.05) is 18.2 Å². The maximum absolute atomic E-state index is 14.0. The molecule has 43 heavy (non-hydrogen) atoms. The van der Waals surface area contributed by atoms with Crippen molar-refractivity contribution in [1.82, 2.24) is 14.9 Å². The van der Waals surface area contributed by atoms with E-state index in [2.05, 4.69) is 10.3 Å². The summed E-state index contributed by atoms with van der Waals surface area (Å²) in [5, 5.41) is 20.3. The van der Waals surface area contributed by atoms with Gasteiger partial charge in [-0.25, -0.2) is 4.98 Å². The van der Waals surface area contributed by atoms with Crippen LogP contribution in [0.2, 0.25) is 0 Å². The number of nitrogens with zero attached hydrogens (tertiary/aromatic N) is 2. The maximum atomic E-state index is 14.0. The van der Waals surface area contributed by atoms with Crippen molar-refractivity contribution < 1.29 is 27.9 Å². The fraction of sp³-hybridized carbons (Fsp3) is 0.226. The lowest BCUT2D eigenvalue weighted by Crippen LogP contribution is -2.27. The fourth-order valence-electron chi connectivity index (χ4n) is 4.82. The Bertz CT molecular complexity index is 1650. The number of primary amides is 1. The highest BCUT2D eigenvalue weighted by Gasteiger charge is 2.36. The van der Waals surface area contributed by atoms with Gasteiger partial charge in [0, 0.05) is 27.9 Å². The number of phenols is 1. The predicted molar refractivity (Wildman–Crippen MR) is 155 cm³/mol. The summed E-state index contributed by atoms with van der Waals surface area (Å²) >= 11 is 0. The smallest absolute Gasteiger partial charge is 0.418 e. The molecule has 224 valence electrons. The van der Waals surface area contributed by atoms with E-state index in [0.717, 1.165) is 36.7 Å². The molecule has 4 aromatic rings. The second-order valence-electron chi connectivity index (χ2n) is 10.1.